The molecule has 7 nitrogen and oxygen atoms in total. The molecule has 7 heteroatoms. The molecule has 1 unspecified atom stereocenters. The fraction of sp³-hybridized carbons (Fsp3) is 0.800. The van der Waals surface area contributed by atoms with Crippen LogP contribution in [-0.4, -0.2) is 70.6 Å². The van der Waals surface area contributed by atoms with Crippen LogP contribution in [0, 0.1) is 0 Å². The highest BCUT2D eigenvalue weighted by Gasteiger charge is 2.17. The zero-order valence-electron chi connectivity index (χ0n) is 10.00. The van der Waals surface area contributed by atoms with E-state index in [4.69, 9.17) is 14.9 Å². The molecule has 0 saturated carbocycles. The molecule has 0 aliphatic carbocycles. The molecule has 0 aromatic heterocycles. The molecule has 1 atom stereocenters. The lowest BCUT2D eigenvalue weighted by atomic mass is 10.3. The Morgan fingerprint density at radius 1 is 1.18 bits per heavy atom. The zero-order valence-corrected chi connectivity index (χ0v) is 10.00. The van der Waals surface area contributed by atoms with Crippen molar-refractivity contribution in [3.8, 4) is 0 Å². The Kier molecular flexibility index (Phi) is 7.44. The number of carboxylic acid groups (broad SMARTS) is 2. The highest BCUT2D eigenvalue weighted by atomic mass is 16.5. The largest absolute Gasteiger partial charge is 0.480 e. The number of aliphatic carboxylic acids is 2. The van der Waals surface area contributed by atoms with Gasteiger partial charge in [0.05, 0.1) is 31.9 Å². The van der Waals surface area contributed by atoms with Crippen molar-refractivity contribution in [3.63, 3.8) is 0 Å². The van der Waals surface area contributed by atoms with Crippen molar-refractivity contribution in [2.45, 2.75) is 26.1 Å². The monoisotopic (exact) mass is 249 g/mol. The maximum Gasteiger partial charge on any atom is 0.317 e. The maximum atomic E-state index is 10.5. The van der Waals surface area contributed by atoms with Crippen molar-refractivity contribution in [1.29, 1.82) is 0 Å². The summed E-state index contributed by atoms with van der Waals surface area (Å²) in [5.74, 6) is -2.27. The molecule has 0 spiro atoms. The van der Waals surface area contributed by atoms with Crippen molar-refractivity contribution >= 4 is 11.9 Å². The smallest absolute Gasteiger partial charge is 0.317 e. The Balaban J connectivity index is 4.11. The lowest BCUT2D eigenvalue weighted by molar-refractivity contribution is -0.142. The Hall–Kier alpha value is -1.18. The van der Waals surface area contributed by atoms with Crippen LogP contribution in [-0.2, 0) is 14.3 Å². The van der Waals surface area contributed by atoms with Gasteiger partial charge in [0.15, 0.2) is 0 Å². The summed E-state index contributed by atoms with van der Waals surface area (Å²) < 4.78 is 5.14. The second-order valence-electron chi connectivity index (χ2n) is 3.99. The molecule has 0 aromatic carbocycles. The predicted molar refractivity (Wildman–Crippen MR) is 58.8 cm³/mol. The molecule has 0 saturated heterocycles. The molecule has 0 radical (unpaired) electrons. The van der Waals surface area contributed by atoms with Crippen LogP contribution >= 0.6 is 0 Å². The molecule has 3 N–H and O–H groups in total. The molecule has 0 aliphatic rings. The quantitative estimate of drug-likeness (QED) is 0.493. The van der Waals surface area contributed by atoms with Gasteiger partial charge in [-0.15, -0.1) is 0 Å². The minimum absolute atomic E-state index is 0.0444. The van der Waals surface area contributed by atoms with Crippen molar-refractivity contribution in [3.05, 3.63) is 0 Å². The molecule has 0 aromatic rings. The summed E-state index contributed by atoms with van der Waals surface area (Å²) in [4.78, 5) is 22.1. The molecule has 0 fully saturated rings. The molecule has 0 bridgehead atoms. The third-order valence-corrected chi connectivity index (χ3v) is 1.81. The van der Waals surface area contributed by atoms with Crippen molar-refractivity contribution in [2.75, 3.05) is 26.2 Å². The zero-order chi connectivity index (χ0) is 13.4. The van der Waals surface area contributed by atoms with Gasteiger partial charge < -0.3 is 20.1 Å². The summed E-state index contributed by atoms with van der Waals surface area (Å²) in [6, 6.07) is 0. The highest BCUT2D eigenvalue weighted by Crippen LogP contribution is 1.97. The van der Waals surface area contributed by atoms with E-state index in [1.54, 1.807) is 13.8 Å². The highest BCUT2D eigenvalue weighted by molar-refractivity contribution is 5.72. The van der Waals surface area contributed by atoms with Gasteiger partial charge in [-0.1, -0.05) is 0 Å². The molecule has 100 valence electrons. The molecule has 17 heavy (non-hydrogen) atoms. The summed E-state index contributed by atoms with van der Waals surface area (Å²) >= 11 is 0. The summed E-state index contributed by atoms with van der Waals surface area (Å²) in [6.45, 7) is 2.76. The minimum Gasteiger partial charge on any atom is -0.480 e. The second kappa shape index (κ2) is 7.99. The van der Waals surface area contributed by atoms with E-state index in [1.165, 1.54) is 0 Å². The lowest BCUT2D eigenvalue weighted by Gasteiger charge is -2.22. The Labute approximate surface area is 99.6 Å². The number of carbonyl (C=O) groups is 2. The van der Waals surface area contributed by atoms with Gasteiger partial charge in [0.1, 0.15) is 0 Å². The van der Waals surface area contributed by atoms with Crippen LogP contribution in [0.25, 0.3) is 0 Å². The minimum atomic E-state index is -1.14. The van der Waals surface area contributed by atoms with Gasteiger partial charge in [-0.2, -0.15) is 0 Å². The number of carboxylic acids is 2. The van der Waals surface area contributed by atoms with Crippen LogP contribution in [0.5, 0.6) is 0 Å². The number of hydrogen-bond acceptors (Lipinski definition) is 5. The van der Waals surface area contributed by atoms with Gasteiger partial charge in [0, 0.05) is 6.54 Å². The van der Waals surface area contributed by atoms with E-state index in [0.29, 0.717) is 0 Å². The van der Waals surface area contributed by atoms with E-state index >= 15 is 0 Å². The number of aliphatic hydroxyl groups excluding tert-OH is 1. The molecular formula is C10H19NO6. The third kappa shape index (κ3) is 9.73. The Bertz CT molecular complexity index is 239. The van der Waals surface area contributed by atoms with E-state index in [0.717, 1.165) is 4.90 Å². The number of rotatable bonds is 9. The van der Waals surface area contributed by atoms with Crippen LogP contribution < -0.4 is 0 Å². The van der Waals surface area contributed by atoms with E-state index in [9.17, 15) is 14.7 Å². The first-order valence-electron chi connectivity index (χ1n) is 5.27. The van der Waals surface area contributed by atoms with E-state index < -0.39 is 31.1 Å². The average molecular weight is 249 g/mol. The summed E-state index contributed by atoms with van der Waals surface area (Å²) in [5.41, 5.74) is 0. The first-order chi connectivity index (χ1) is 7.81. The van der Waals surface area contributed by atoms with Crippen LogP contribution in [0.4, 0.5) is 0 Å². The second-order valence-corrected chi connectivity index (χ2v) is 3.99. The van der Waals surface area contributed by atoms with Gasteiger partial charge in [-0.3, -0.25) is 14.5 Å². The van der Waals surface area contributed by atoms with Crippen LogP contribution in [0.15, 0.2) is 0 Å². The van der Waals surface area contributed by atoms with Crippen molar-refractivity contribution in [1.82, 2.24) is 4.90 Å². The van der Waals surface area contributed by atoms with Gasteiger partial charge in [-0.05, 0) is 13.8 Å². The van der Waals surface area contributed by atoms with E-state index in [-0.39, 0.29) is 19.3 Å². The number of aliphatic hydroxyl groups is 1. The number of nitrogens with zero attached hydrogens (tertiary/aromatic N) is 1. The van der Waals surface area contributed by atoms with E-state index in [1.807, 2.05) is 0 Å². The summed E-state index contributed by atoms with van der Waals surface area (Å²) in [5, 5.41) is 26.7. The standard InChI is InChI=1S/C10H19NO6/c1-7(2)17-6-8(12)3-11(4-9(13)14)5-10(15)16/h7-8,12H,3-6H2,1-2H3,(H,13,14)(H,15,16). The number of ether oxygens (including phenoxy) is 1. The molecule has 0 rings (SSSR count). The first kappa shape index (κ1) is 15.8. The Morgan fingerprint density at radius 2 is 1.65 bits per heavy atom. The maximum absolute atomic E-state index is 10.5. The van der Waals surface area contributed by atoms with Crippen molar-refractivity contribution in [2.24, 2.45) is 0 Å². The van der Waals surface area contributed by atoms with Crippen LogP contribution in [0.2, 0.25) is 0 Å². The predicted octanol–water partition coefficient (Wildman–Crippen LogP) is -0.756. The fourth-order valence-electron chi connectivity index (χ4n) is 1.22. The normalized spacial score (nSPS) is 13.0. The summed E-state index contributed by atoms with van der Waals surface area (Å²) in [6.07, 6.45) is -0.951. The van der Waals surface area contributed by atoms with Crippen LogP contribution in [0.1, 0.15) is 13.8 Å². The first-order valence-corrected chi connectivity index (χ1v) is 5.27. The van der Waals surface area contributed by atoms with E-state index in [2.05, 4.69) is 0 Å². The van der Waals surface area contributed by atoms with Gasteiger partial charge in [-0.25, -0.2) is 0 Å². The topological polar surface area (TPSA) is 107 Å². The molecular weight excluding hydrogens is 230 g/mol. The molecule has 0 amide bonds. The van der Waals surface area contributed by atoms with Crippen LogP contribution in [0.3, 0.4) is 0 Å². The fourth-order valence-corrected chi connectivity index (χ4v) is 1.22. The Morgan fingerprint density at radius 3 is 2.00 bits per heavy atom. The SMILES string of the molecule is CC(C)OCC(O)CN(CC(=O)O)CC(=O)O. The number of hydrogen-bond donors (Lipinski definition) is 3. The van der Waals surface area contributed by atoms with Gasteiger partial charge in [0.2, 0.25) is 0 Å². The van der Waals surface area contributed by atoms with Gasteiger partial charge in [0.25, 0.3) is 0 Å². The lowest BCUT2D eigenvalue weighted by Crippen LogP contribution is -2.41. The third-order valence-electron chi connectivity index (χ3n) is 1.81. The summed E-state index contributed by atoms with van der Waals surface area (Å²) in [7, 11) is 0. The van der Waals surface area contributed by atoms with Gasteiger partial charge >= 0.3 is 11.9 Å². The average Bonchev–Trinajstić information content (AvgIpc) is 2.12. The van der Waals surface area contributed by atoms with Crippen molar-refractivity contribution < 1.29 is 29.6 Å². The molecule has 0 heterocycles. The molecule has 0 aliphatic heterocycles.